The first-order valence-electron chi connectivity index (χ1n) is 4.68. The van der Waals surface area contributed by atoms with Crippen LogP contribution >= 0.6 is 0 Å². The van der Waals surface area contributed by atoms with Crippen molar-refractivity contribution < 1.29 is 14.4 Å². The van der Waals surface area contributed by atoms with Gasteiger partial charge in [0.15, 0.2) is 0 Å². The molecule has 2 amide bonds. The van der Waals surface area contributed by atoms with Crippen LogP contribution in [-0.2, 0) is 9.59 Å². The quantitative estimate of drug-likeness (QED) is 0.547. The molecule has 0 fully saturated rings. The van der Waals surface area contributed by atoms with Gasteiger partial charge in [0.05, 0.1) is 5.56 Å². The largest absolute Gasteiger partial charge is 0.305 e. The Morgan fingerprint density at radius 3 is 2.62 bits per heavy atom. The van der Waals surface area contributed by atoms with Crippen LogP contribution in [0.3, 0.4) is 0 Å². The minimum Gasteiger partial charge on any atom is -0.289 e. The van der Waals surface area contributed by atoms with Crippen LogP contribution in [0.25, 0.3) is 0 Å². The Labute approximate surface area is 92.0 Å². The van der Waals surface area contributed by atoms with Crippen molar-refractivity contribution in [2.45, 2.75) is 13.3 Å². The topological polar surface area (TPSA) is 88.2 Å². The summed E-state index contributed by atoms with van der Waals surface area (Å²) in [6, 6.07) is 3.13. The molecule has 16 heavy (non-hydrogen) atoms. The number of aromatic nitrogens is 1. The van der Waals surface area contributed by atoms with Crippen molar-refractivity contribution in [3.63, 3.8) is 0 Å². The van der Waals surface area contributed by atoms with E-state index in [0.29, 0.717) is 5.56 Å². The number of carbonyl (C=O) groups excluding carboxylic acids is 3. The molecular weight excluding hydrogens is 210 g/mol. The molecule has 84 valence electrons. The maximum absolute atomic E-state index is 11.4. The van der Waals surface area contributed by atoms with Crippen molar-refractivity contribution in [2.75, 3.05) is 0 Å². The molecule has 0 aromatic carbocycles. The molecule has 1 aromatic heterocycles. The van der Waals surface area contributed by atoms with Crippen LogP contribution in [-0.4, -0.2) is 22.6 Å². The van der Waals surface area contributed by atoms with Gasteiger partial charge in [0.1, 0.15) is 0 Å². The first kappa shape index (κ1) is 11.8. The lowest BCUT2D eigenvalue weighted by Gasteiger charge is -2.05. The molecule has 0 saturated heterocycles. The Morgan fingerprint density at radius 2 is 2.06 bits per heavy atom. The lowest BCUT2D eigenvalue weighted by Crippen LogP contribution is -2.44. The van der Waals surface area contributed by atoms with E-state index in [1.165, 1.54) is 18.5 Å². The van der Waals surface area contributed by atoms with Crippen LogP contribution in [0.15, 0.2) is 24.5 Å². The normalized spacial score (nSPS) is 9.31. The number of hydrogen-bond donors (Lipinski definition) is 2. The van der Waals surface area contributed by atoms with Gasteiger partial charge in [-0.2, -0.15) is 0 Å². The maximum Gasteiger partial charge on any atom is 0.305 e. The highest BCUT2D eigenvalue weighted by molar-refractivity contribution is 6.36. The summed E-state index contributed by atoms with van der Waals surface area (Å²) in [6.07, 6.45) is 2.97. The molecule has 0 saturated carbocycles. The number of nitrogens with one attached hydrogen (secondary N) is 2. The molecule has 0 atom stereocenters. The second kappa shape index (κ2) is 5.59. The highest BCUT2D eigenvalue weighted by Gasteiger charge is 2.12. The zero-order valence-electron chi connectivity index (χ0n) is 8.69. The molecule has 6 heteroatoms. The summed E-state index contributed by atoms with van der Waals surface area (Å²) in [5.74, 6) is -1.95. The SMILES string of the molecule is CCC(=O)C(=O)NNC(=O)c1cccnc1. The van der Waals surface area contributed by atoms with E-state index in [1.54, 1.807) is 13.0 Å². The molecule has 0 aliphatic heterocycles. The first-order valence-corrected chi connectivity index (χ1v) is 4.68. The number of ketones is 1. The average molecular weight is 221 g/mol. The molecule has 0 unspecified atom stereocenters. The van der Waals surface area contributed by atoms with Crippen LogP contribution in [0.5, 0.6) is 0 Å². The number of amides is 2. The molecule has 1 aromatic rings. The highest BCUT2D eigenvalue weighted by Crippen LogP contribution is 1.93. The molecule has 6 nitrogen and oxygen atoms in total. The lowest BCUT2D eigenvalue weighted by atomic mass is 10.3. The first-order chi connectivity index (χ1) is 7.65. The number of rotatable bonds is 3. The zero-order valence-corrected chi connectivity index (χ0v) is 8.69. The van der Waals surface area contributed by atoms with Crippen LogP contribution in [0.2, 0.25) is 0 Å². The number of hydrazine groups is 1. The van der Waals surface area contributed by atoms with E-state index in [0.717, 1.165) is 0 Å². The zero-order chi connectivity index (χ0) is 12.0. The summed E-state index contributed by atoms with van der Waals surface area (Å²) >= 11 is 0. The van der Waals surface area contributed by atoms with Crippen molar-refractivity contribution in [1.29, 1.82) is 0 Å². The fourth-order valence-corrected chi connectivity index (χ4v) is 0.913. The Balaban J connectivity index is 2.48. The van der Waals surface area contributed by atoms with E-state index < -0.39 is 17.6 Å². The Hall–Kier alpha value is -2.24. The van der Waals surface area contributed by atoms with Crippen LogP contribution < -0.4 is 10.9 Å². The van der Waals surface area contributed by atoms with E-state index in [9.17, 15) is 14.4 Å². The fourth-order valence-electron chi connectivity index (χ4n) is 0.913. The third kappa shape index (κ3) is 3.16. The van der Waals surface area contributed by atoms with Crippen molar-refractivity contribution in [3.05, 3.63) is 30.1 Å². The van der Waals surface area contributed by atoms with Gasteiger partial charge < -0.3 is 0 Å². The van der Waals surface area contributed by atoms with E-state index in [2.05, 4.69) is 10.4 Å². The second-order valence-corrected chi connectivity index (χ2v) is 2.93. The monoisotopic (exact) mass is 221 g/mol. The smallest absolute Gasteiger partial charge is 0.289 e. The van der Waals surface area contributed by atoms with Crippen LogP contribution in [0.1, 0.15) is 23.7 Å². The summed E-state index contributed by atoms with van der Waals surface area (Å²) < 4.78 is 0. The number of nitrogens with zero attached hydrogens (tertiary/aromatic N) is 1. The van der Waals surface area contributed by atoms with E-state index in [4.69, 9.17) is 0 Å². The summed E-state index contributed by atoms with van der Waals surface area (Å²) in [7, 11) is 0. The molecule has 1 heterocycles. The van der Waals surface area contributed by atoms with Crippen molar-refractivity contribution in [3.8, 4) is 0 Å². The van der Waals surface area contributed by atoms with Gasteiger partial charge in [-0.15, -0.1) is 0 Å². The highest BCUT2D eigenvalue weighted by atomic mass is 16.2. The Kier molecular flexibility index (Phi) is 4.14. The third-order valence-corrected chi connectivity index (χ3v) is 1.79. The standard InChI is InChI=1S/C10H11N3O3/c1-2-8(14)10(16)13-12-9(15)7-4-3-5-11-6-7/h3-6H,2H2,1H3,(H,12,15)(H,13,16). The van der Waals surface area contributed by atoms with Crippen molar-refractivity contribution >= 4 is 17.6 Å². The van der Waals surface area contributed by atoms with E-state index in [1.807, 2.05) is 5.43 Å². The van der Waals surface area contributed by atoms with Crippen molar-refractivity contribution in [1.82, 2.24) is 15.8 Å². The van der Waals surface area contributed by atoms with Crippen molar-refractivity contribution in [2.24, 2.45) is 0 Å². The molecular formula is C10H11N3O3. The molecule has 0 bridgehead atoms. The molecule has 1 rings (SSSR count). The Bertz CT molecular complexity index is 403. The molecule has 0 radical (unpaired) electrons. The van der Waals surface area contributed by atoms with Gasteiger partial charge in [-0.1, -0.05) is 6.92 Å². The molecule has 2 N–H and O–H groups in total. The van der Waals surface area contributed by atoms with E-state index >= 15 is 0 Å². The molecule has 0 spiro atoms. The number of pyridine rings is 1. The average Bonchev–Trinajstić information content (AvgIpc) is 2.35. The molecule has 0 aliphatic rings. The summed E-state index contributed by atoms with van der Waals surface area (Å²) in [5.41, 5.74) is 4.43. The Morgan fingerprint density at radius 1 is 1.31 bits per heavy atom. The minimum absolute atomic E-state index is 0.0919. The number of hydrogen-bond acceptors (Lipinski definition) is 4. The predicted molar refractivity (Wildman–Crippen MR) is 55.1 cm³/mol. The fraction of sp³-hybridized carbons (Fsp3) is 0.200. The van der Waals surface area contributed by atoms with Gasteiger partial charge in [-0.3, -0.25) is 30.2 Å². The summed E-state index contributed by atoms with van der Waals surface area (Å²) in [4.78, 5) is 37.0. The second-order valence-electron chi connectivity index (χ2n) is 2.93. The van der Waals surface area contributed by atoms with Gasteiger partial charge in [-0.25, -0.2) is 0 Å². The lowest BCUT2D eigenvalue weighted by molar-refractivity contribution is -0.138. The third-order valence-electron chi connectivity index (χ3n) is 1.79. The minimum atomic E-state index is -0.834. The number of carbonyl (C=O) groups is 3. The van der Waals surface area contributed by atoms with Gasteiger partial charge in [0.25, 0.3) is 5.91 Å². The summed E-state index contributed by atoms with van der Waals surface area (Å²) in [5, 5.41) is 0. The van der Waals surface area contributed by atoms with Gasteiger partial charge in [-0.05, 0) is 12.1 Å². The summed E-state index contributed by atoms with van der Waals surface area (Å²) in [6.45, 7) is 1.56. The molecule has 0 aliphatic carbocycles. The number of Topliss-reactive ketones (excluding diaryl/α,β-unsaturated/α-hetero) is 1. The van der Waals surface area contributed by atoms with Gasteiger partial charge >= 0.3 is 5.91 Å². The maximum atomic E-state index is 11.4. The van der Waals surface area contributed by atoms with Crippen LogP contribution in [0, 0.1) is 0 Å². The van der Waals surface area contributed by atoms with E-state index in [-0.39, 0.29) is 6.42 Å². The van der Waals surface area contributed by atoms with Crippen LogP contribution in [0.4, 0.5) is 0 Å². The predicted octanol–water partition coefficient (Wildman–Crippen LogP) is -0.178. The van der Waals surface area contributed by atoms with Gasteiger partial charge in [0, 0.05) is 18.8 Å². The van der Waals surface area contributed by atoms with Gasteiger partial charge in [0.2, 0.25) is 5.78 Å².